The first kappa shape index (κ1) is 81.8. The van der Waals surface area contributed by atoms with Crippen molar-refractivity contribution < 1.29 is 47.5 Å². The van der Waals surface area contributed by atoms with Crippen LogP contribution < -0.4 is 27.5 Å². The molecule has 111 heavy (non-hydrogen) atoms. The van der Waals surface area contributed by atoms with Gasteiger partial charge in [-0.05, 0) is 241 Å². The van der Waals surface area contributed by atoms with Gasteiger partial charge in [-0.2, -0.15) is 0 Å². The fourth-order valence-electron chi connectivity index (χ4n) is 24.4. The van der Waals surface area contributed by atoms with E-state index >= 15 is 0 Å². The number of hydrogen-bond donors (Lipinski definition) is 2. The first-order valence-corrected chi connectivity index (χ1v) is 48.2. The van der Waals surface area contributed by atoms with Crippen molar-refractivity contribution in [3.8, 4) is 0 Å². The fraction of sp³-hybridized carbons (Fsp3) is 0.718. The van der Waals surface area contributed by atoms with Gasteiger partial charge in [-0.3, -0.25) is 51.8 Å². The van der Waals surface area contributed by atoms with Crippen molar-refractivity contribution in [2.75, 3.05) is 33.0 Å². The summed E-state index contributed by atoms with van der Waals surface area (Å²) in [7, 11) is -11.8. The van der Waals surface area contributed by atoms with E-state index in [1.54, 1.807) is 51.3 Å². The number of halogens is 1. The van der Waals surface area contributed by atoms with Gasteiger partial charge in [-0.25, -0.2) is 19.5 Å². The summed E-state index contributed by atoms with van der Waals surface area (Å²) in [6, 6.07) is 28.5. The maximum absolute atomic E-state index is 14.1. The molecule has 6 aliphatic carbocycles. The summed E-state index contributed by atoms with van der Waals surface area (Å²) in [6.07, 6.45) is 42.3. The molecule has 12 fully saturated rings. The summed E-state index contributed by atoms with van der Waals surface area (Å²) in [5.74, 6) is 5.53. The monoisotopic (exact) mass is 1610 g/mol. The lowest BCUT2D eigenvalue weighted by atomic mass is 9.68. The van der Waals surface area contributed by atoms with Crippen LogP contribution in [0.4, 0.5) is 0 Å². The Morgan fingerprint density at radius 3 is 0.928 bits per heavy atom. The van der Waals surface area contributed by atoms with E-state index in [-0.39, 0.29) is 54.5 Å². The van der Waals surface area contributed by atoms with E-state index in [9.17, 15) is 37.9 Å². The number of piperidine rings is 6. The van der Waals surface area contributed by atoms with E-state index in [0.717, 1.165) is 109 Å². The number of hydrogen-bond acceptors (Lipinski definition) is 17. The molecule has 9 heterocycles. The van der Waals surface area contributed by atoms with Gasteiger partial charge >= 0.3 is 23.0 Å². The largest absolute Gasteiger partial charge is 0.474 e. The first-order valence-electron chi connectivity index (χ1n) is 43.2. The van der Waals surface area contributed by atoms with Gasteiger partial charge in [0.1, 0.15) is 0 Å². The molecule has 26 heteroatoms. The van der Waals surface area contributed by atoms with Gasteiger partial charge in [0.25, 0.3) is 16.7 Å². The van der Waals surface area contributed by atoms with Crippen LogP contribution in [0.25, 0.3) is 33.1 Å². The highest BCUT2D eigenvalue weighted by atomic mass is 35.5. The van der Waals surface area contributed by atoms with Gasteiger partial charge in [-0.15, -0.1) is 0 Å². The smallest absolute Gasteiger partial charge is 0.320 e. The average molecular weight is 1610 g/mol. The topological polar surface area (TPSA) is 252 Å². The number of fused-ring (bicyclic) bond motifs is 15. The number of nitrogens with zero attached hydrogens (tertiary/aromatic N) is 9. The van der Waals surface area contributed by atoms with E-state index in [0.29, 0.717) is 84.7 Å². The zero-order chi connectivity index (χ0) is 77.3. The second-order valence-electron chi connectivity index (χ2n) is 34.8. The molecule has 22 nitrogen and oxygen atoms in total. The molecule has 6 unspecified atom stereocenters. The Balaban J connectivity index is 0.000000131. The van der Waals surface area contributed by atoms with Gasteiger partial charge in [0.05, 0.1) is 66.1 Å². The molecule has 6 aromatic rings. The van der Waals surface area contributed by atoms with Crippen LogP contribution in [0.5, 0.6) is 0 Å². The fourth-order valence-corrected chi connectivity index (χ4v) is 27.9. The van der Waals surface area contributed by atoms with Gasteiger partial charge in [0.2, 0.25) is 10.9 Å². The van der Waals surface area contributed by atoms with Crippen LogP contribution in [-0.4, -0.2) is 141 Å². The number of rotatable bonds is 18. The van der Waals surface area contributed by atoms with Crippen molar-refractivity contribution in [1.29, 1.82) is 0 Å². The number of phosphoric acid groups is 1. The Hall–Kier alpha value is -4.34. The zero-order valence-electron chi connectivity index (χ0n) is 66.3. The van der Waals surface area contributed by atoms with Crippen molar-refractivity contribution in [3.05, 3.63) is 109 Å². The standard InChI is InChI=1S/C29H42N3O4P.C25H32ClN3O.C25H34N3O4P.C6H15O4P.H2/c1-3-35-37(34,36-4-2)28-29(33)32(27-14-6-5-13-26(27)30-28)25-18-22-11-8-12-23(19-25)31(22)24-16-20-9-7-10-21(15-20)17-24;26-24-25(30)29(23-10-2-1-9-22(23)27-24)21-14-18-7-4-8-19(15-21)28(18)20-12-16-5-3-6-17(11-16)13-20;29-25-24(33(30,31)32)26-22-9-1-2-10-23(22)28(25)21-14-18-7-4-8-19(15-21)27(18)20-12-16-5-3-6-17(11-16)13-20;1-4-8-11(7,9-5-2)10-6-3;/h5-6,13-14,20-25H,3-4,7-12,15-19H2,1-2H3;1-2,9-10,16-21H,3-8,11-15H2;1-2,9-10,16-21H,3-8,11-15H2,(H2,30,31,32);4-6H2,1-3H3;1H/t20-,21+,22-,23+,24?,25?;2*16-,17+,18-,19+,20?,21?;;. The summed E-state index contributed by atoms with van der Waals surface area (Å²) in [6.45, 7) is 10.1. The minimum atomic E-state index is -4.76. The Morgan fingerprint density at radius 1 is 0.351 bits per heavy atom. The first-order chi connectivity index (χ1) is 53.7. The maximum Gasteiger partial charge on any atom is 0.474 e. The molecule has 610 valence electrons. The van der Waals surface area contributed by atoms with Crippen molar-refractivity contribution >= 4 is 78.6 Å². The Kier molecular flexibility index (Phi) is 26.4. The second kappa shape index (κ2) is 35.9. The van der Waals surface area contributed by atoms with Crippen LogP contribution in [0, 0.1) is 35.5 Å². The van der Waals surface area contributed by atoms with E-state index < -0.39 is 34.0 Å². The van der Waals surface area contributed by atoms with E-state index in [1.807, 2.05) is 69.8 Å². The van der Waals surface area contributed by atoms with Crippen molar-refractivity contribution in [1.82, 2.24) is 43.4 Å². The minimum Gasteiger partial charge on any atom is -0.320 e. The molecule has 6 saturated carbocycles. The molecule has 12 aliphatic rings. The third kappa shape index (κ3) is 17.8. The normalized spacial score (nSPS) is 32.3. The van der Waals surface area contributed by atoms with Crippen molar-refractivity contribution in [2.24, 2.45) is 35.5 Å². The van der Waals surface area contributed by atoms with Crippen molar-refractivity contribution in [2.45, 2.75) is 319 Å². The van der Waals surface area contributed by atoms with Crippen LogP contribution in [0.3, 0.4) is 0 Å². The van der Waals surface area contributed by atoms with Crippen LogP contribution in [0.15, 0.2) is 87.2 Å². The molecule has 3 aromatic carbocycles. The van der Waals surface area contributed by atoms with Crippen LogP contribution >= 0.6 is 34.6 Å². The van der Waals surface area contributed by atoms with Crippen LogP contribution in [-0.2, 0) is 36.3 Å². The summed E-state index contributed by atoms with van der Waals surface area (Å²) in [5.41, 5.74) is 2.69. The lowest BCUT2D eigenvalue weighted by Gasteiger charge is -2.55. The predicted molar refractivity (Wildman–Crippen MR) is 440 cm³/mol. The quantitative estimate of drug-likeness (QED) is 0.0759. The highest BCUT2D eigenvalue weighted by Gasteiger charge is 2.50. The summed E-state index contributed by atoms with van der Waals surface area (Å²) in [4.78, 5) is 81.9. The third-order valence-electron chi connectivity index (χ3n) is 28.0. The summed E-state index contributed by atoms with van der Waals surface area (Å²) < 4.78 is 68.4. The molecule has 0 spiro atoms. The number of phosphoric ester groups is 1. The summed E-state index contributed by atoms with van der Waals surface area (Å²) >= 11 is 6.28. The lowest BCUT2D eigenvalue weighted by molar-refractivity contribution is -0.0487. The average Bonchev–Trinajstić information content (AvgIpc) is 0.748. The molecular formula is C85H125ClN9O13P3. The third-order valence-corrected chi connectivity index (χ3v) is 32.8. The number of benzene rings is 3. The molecule has 6 aliphatic heterocycles. The van der Waals surface area contributed by atoms with Gasteiger partial charge in [-0.1, -0.05) is 125 Å². The molecule has 18 rings (SSSR count). The number of para-hydroxylation sites is 6. The SMILES string of the molecule is CCOP(=O)(OCC)OCC.CCOP(=O)(OCC)c1nc2ccccc2n(C2C[C@H]3CCC[C@@H](C2)N3C2C[C@H]3CCC[C@@H](C2)C3)c1=O.O=c1c(Cl)nc2ccccc2n1C1C[C@H]2CCC[C@@H](C1)N2C1C[C@H]2CCC[C@@H](C1)C2.O=c1c(P(=O)(O)O)nc2ccccc2n1C1C[C@H]2CCC[C@@H](C1)N2C1C[C@H]2CCC[C@@H](C1)C2.[HH]. The zero-order valence-corrected chi connectivity index (χ0v) is 69.8. The molecule has 12 bridgehead atoms. The maximum atomic E-state index is 14.1. The van der Waals surface area contributed by atoms with Crippen LogP contribution in [0.1, 0.15) is 266 Å². The number of aromatic nitrogens is 6. The predicted octanol–water partition coefficient (Wildman–Crippen LogP) is 17.6. The molecule has 3 aromatic heterocycles. The molecule has 18 atom stereocenters. The highest BCUT2D eigenvalue weighted by Crippen LogP contribution is 2.54. The second-order valence-corrected chi connectivity index (χ2v) is 40.3. The van der Waals surface area contributed by atoms with Gasteiger partial charge < -0.3 is 32.5 Å². The Labute approximate surface area is 662 Å². The summed E-state index contributed by atoms with van der Waals surface area (Å²) in [5, 5.41) is 0.112. The molecule has 0 amide bonds. The molecule has 6 saturated heterocycles. The van der Waals surface area contributed by atoms with Crippen molar-refractivity contribution in [3.63, 3.8) is 0 Å². The molecular weight excluding hydrogens is 1480 g/mol. The Bertz CT molecular complexity index is 4460. The lowest BCUT2D eigenvalue weighted by Crippen LogP contribution is -2.59. The van der Waals surface area contributed by atoms with E-state index in [4.69, 9.17) is 34.2 Å². The molecule has 2 N–H and O–H groups in total. The van der Waals surface area contributed by atoms with Crippen LogP contribution in [0.2, 0.25) is 5.15 Å². The highest BCUT2D eigenvalue weighted by molar-refractivity contribution is 7.62. The molecule has 0 radical (unpaired) electrons. The Morgan fingerprint density at radius 2 is 0.622 bits per heavy atom. The van der Waals surface area contributed by atoms with E-state index in [1.165, 1.54) is 161 Å². The minimum absolute atomic E-state index is 0. The van der Waals surface area contributed by atoms with Gasteiger partial charge in [0, 0.05) is 73.9 Å². The van der Waals surface area contributed by atoms with Gasteiger partial charge in [0.15, 0.2) is 5.15 Å². The van der Waals surface area contributed by atoms with E-state index in [2.05, 4.69) is 29.7 Å².